The van der Waals surface area contributed by atoms with Crippen molar-refractivity contribution in [3.05, 3.63) is 29.8 Å². The van der Waals surface area contributed by atoms with Gasteiger partial charge in [-0.05, 0) is 30.5 Å². The number of hydrogen-bond acceptors (Lipinski definition) is 5. The molecule has 0 aromatic carbocycles. The highest BCUT2D eigenvalue weighted by molar-refractivity contribution is 5.48. The molecule has 2 aromatic heterocycles. The van der Waals surface area contributed by atoms with Crippen molar-refractivity contribution in [3.63, 3.8) is 0 Å². The van der Waals surface area contributed by atoms with Gasteiger partial charge in [0.05, 0.1) is 6.04 Å². The van der Waals surface area contributed by atoms with Crippen LogP contribution in [0.5, 0.6) is 0 Å². The second kappa shape index (κ2) is 4.63. The van der Waals surface area contributed by atoms with E-state index in [9.17, 15) is 0 Å². The van der Waals surface area contributed by atoms with Gasteiger partial charge in [0.25, 0.3) is 0 Å². The number of aryl methyl sites for hydroxylation is 1. The van der Waals surface area contributed by atoms with Crippen LogP contribution < -0.4 is 5.73 Å². The Bertz CT molecular complexity index is 507. The van der Waals surface area contributed by atoms with E-state index >= 15 is 0 Å². The van der Waals surface area contributed by atoms with Crippen molar-refractivity contribution in [3.8, 4) is 11.5 Å². The molecule has 0 spiro atoms. The van der Waals surface area contributed by atoms with Crippen LogP contribution in [-0.4, -0.2) is 15.1 Å². The molecular formula is C12H16N4O. The fraction of sp³-hybridized carbons (Fsp3) is 0.417. The van der Waals surface area contributed by atoms with E-state index in [0.29, 0.717) is 17.4 Å². The molecule has 1 atom stereocenters. The maximum Gasteiger partial charge on any atom is 0.244 e. The number of aromatic nitrogens is 3. The van der Waals surface area contributed by atoms with Crippen LogP contribution in [0.25, 0.3) is 11.5 Å². The van der Waals surface area contributed by atoms with Gasteiger partial charge in [-0.15, -0.1) is 0 Å². The molecule has 0 saturated heterocycles. The Morgan fingerprint density at radius 1 is 1.35 bits per heavy atom. The van der Waals surface area contributed by atoms with Crippen molar-refractivity contribution in [2.45, 2.75) is 26.8 Å². The topological polar surface area (TPSA) is 77.8 Å². The fourth-order valence-corrected chi connectivity index (χ4v) is 1.42. The van der Waals surface area contributed by atoms with Gasteiger partial charge < -0.3 is 10.3 Å². The number of nitrogens with zero attached hydrogens (tertiary/aromatic N) is 3. The zero-order chi connectivity index (χ0) is 12.4. The van der Waals surface area contributed by atoms with Crippen LogP contribution in [0.15, 0.2) is 22.9 Å². The van der Waals surface area contributed by atoms with E-state index in [1.807, 2.05) is 32.9 Å². The first-order valence-corrected chi connectivity index (χ1v) is 5.60. The van der Waals surface area contributed by atoms with E-state index in [0.717, 1.165) is 5.56 Å². The van der Waals surface area contributed by atoms with Crippen LogP contribution in [0.1, 0.15) is 31.3 Å². The highest BCUT2D eigenvalue weighted by Crippen LogP contribution is 2.20. The maximum absolute atomic E-state index is 5.94. The molecule has 2 heterocycles. The van der Waals surface area contributed by atoms with Crippen molar-refractivity contribution in [2.75, 3.05) is 0 Å². The zero-order valence-corrected chi connectivity index (χ0v) is 10.2. The van der Waals surface area contributed by atoms with Crippen molar-refractivity contribution in [1.29, 1.82) is 0 Å². The number of pyridine rings is 1. The molecule has 90 valence electrons. The van der Waals surface area contributed by atoms with Gasteiger partial charge in [0.15, 0.2) is 0 Å². The molecule has 0 bridgehead atoms. The number of rotatable bonds is 3. The first-order valence-electron chi connectivity index (χ1n) is 5.60. The van der Waals surface area contributed by atoms with Gasteiger partial charge in [0, 0.05) is 6.20 Å². The Morgan fingerprint density at radius 2 is 2.12 bits per heavy atom. The molecule has 0 fully saturated rings. The molecule has 0 aliphatic heterocycles. The van der Waals surface area contributed by atoms with E-state index < -0.39 is 0 Å². The van der Waals surface area contributed by atoms with Gasteiger partial charge in [-0.25, -0.2) is 0 Å². The molecular weight excluding hydrogens is 216 g/mol. The summed E-state index contributed by atoms with van der Waals surface area (Å²) in [6.07, 6.45) is 1.73. The van der Waals surface area contributed by atoms with E-state index in [4.69, 9.17) is 10.3 Å². The summed E-state index contributed by atoms with van der Waals surface area (Å²) < 4.78 is 5.16. The van der Waals surface area contributed by atoms with Crippen molar-refractivity contribution < 1.29 is 4.52 Å². The average molecular weight is 232 g/mol. The molecule has 2 N–H and O–H groups in total. The van der Waals surface area contributed by atoms with E-state index in [2.05, 4.69) is 15.1 Å². The van der Waals surface area contributed by atoms with Crippen molar-refractivity contribution >= 4 is 0 Å². The van der Waals surface area contributed by atoms with Gasteiger partial charge in [0.2, 0.25) is 11.7 Å². The number of nitrogens with two attached hydrogens (primary N) is 1. The highest BCUT2D eigenvalue weighted by Gasteiger charge is 2.18. The normalized spacial score (nSPS) is 13.0. The van der Waals surface area contributed by atoms with Gasteiger partial charge in [0.1, 0.15) is 5.69 Å². The Labute approximate surface area is 100 Å². The van der Waals surface area contributed by atoms with Gasteiger partial charge in [-0.3, -0.25) is 4.98 Å². The SMILES string of the molecule is Cc1ccnc(-c2noc(C(N)C(C)C)n2)c1. The lowest BCUT2D eigenvalue weighted by Gasteiger charge is -2.09. The third-order valence-corrected chi connectivity index (χ3v) is 2.59. The molecule has 1 unspecified atom stereocenters. The van der Waals surface area contributed by atoms with Gasteiger partial charge in [-0.1, -0.05) is 19.0 Å². The first kappa shape index (κ1) is 11.7. The largest absolute Gasteiger partial charge is 0.337 e. The van der Waals surface area contributed by atoms with Crippen molar-refractivity contribution in [1.82, 2.24) is 15.1 Å². The molecule has 0 aliphatic rings. The Balaban J connectivity index is 2.30. The Kier molecular flexibility index (Phi) is 3.19. The minimum atomic E-state index is -0.235. The molecule has 5 heteroatoms. The second-order valence-electron chi connectivity index (χ2n) is 4.44. The summed E-state index contributed by atoms with van der Waals surface area (Å²) in [5.74, 6) is 1.20. The molecule has 0 saturated carbocycles. The summed E-state index contributed by atoms with van der Waals surface area (Å²) in [5.41, 5.74) is 7.75. The highest BCUT2D eigenvalue weighted by atomic mass is 16.5. The molecule has 0 radical (unpaired) electrons. The second-order valence-corrected chi connectivity index (χ2v) is 4.44. The van der Waals surface area contributed by atoms with Crippen LogP contribution in [0, 0.1) is 12.8 Å². The Hall–Kier alpha value is -1.75. The summed E-state index contributed by atoms with van der Waals surface area (Å²) >= 11 is 0. The van der Waals surface area contributed by atoms with Crippen LogP contribution in [-0.2, 0) is 0 Å². The minimum Gasteiger partial charge on any atom is -0.337 e. The Morgan fingerprint density at radius 3 is 2.76 bits per heavy atom. The van der Waals surface area contributed by atoms with E-state index in [1.54, 1.807) is 6.20 Å². The smallest absolute Gasteiger partial charge is 0.244 e. The van der Waals surface area contributed by atoms with Gasteiger partial charge in [-0.2, -0.15) is 4.98 Å². The predicted octanol–water partition coefficient (Wildman–Crippen LogP) is 2.10. The van der Waals surface area contributed by atoms with Crippen LogP contribution in [0.3, 0.4) is 0 Å². The lowest BCUT2D eigenvalue weighted by Crippen LogP contribution is -2.16. The third kappa shape index (κ3) is 2.50. The standard InChI is InChI=1S/C12H16N4O/c1-7(2)10(13)12-15-11(16-17-12)9-6-8(3)4-5-14-9/h4-7,10H,13H2,1-3H3. The summed E-state index contributed by atoms with van der Waals surface area (Å²) in [6.45, 7) is 6.02. The van der Waals surface area contributed by atoms with Crippen LogP contribution >= 0.6 is 0 Å². The monoisotopic (exact) mass is 232 g/mol. The molecule has 2 aromatic rings. The quantitative estimate of drug-likeness (QED) is 0.876. The summed E-state index contributed by atoms with van der Waals surface area (Å²) in [5, 5.41) is 3.90. The average Bonchev–Trinajstić information content (AvgIpc) is 2.77. The third-order valence-electron chi connectivity index (χ3n) is 2.59. The van der Waals surface area contributed by atoms with Crippen LogP contribution in [0.4, 0.5) is 0 Å². The predicted molar refractivity (Wildman–Crippen MR) is 64.0 cm³/mol. The zero-order valence-electron chi connectivity index (χ0n) is 10.2. The van der Waals surface area contributed by atoms with E-state index in [1.165, 1.54) is 0 Å². The molecule has 5 nitrogen and oxygen atoms in total. The lowest BCUT2D eigenvalue weighted by atomic mass is 10.1. The minimum absolute atomic E-state index is 0.235. The molecule has 17 heavy (non-hydrogen) atoms. The lowest BCUT2D eigenvalue weighted by molar-refractivity contribution is 0.325. The first-order chi connectivity index (χ1) is 8.08. The molecule has 2 rings (SSSR count). The number of hydrogen-bond donors (Lipinski definition) is 1. The summed E-state index contributed by atoms with van der Waals surface area (Å²) in [6, 6.07) is 3.60. The molecule has 0 aliphatic carbocycles. The van der Waals surface area contributed by atoms with Crippen LogP contribution in [0.2, 0.25) is 0 Å². The fourth-order valence-electron chi connectivity index (χ4n) is 1.42. The van der Waals surface area contributed by atoms with Crippen molar-refractivity contribution in [2.24, 2.45) is 11.7 Å². The summed E-state index contributed by atoms with van der Waals surface area (Å²) in [7, 11) is 0. The van der Waals surface area contributed by atoms with Gasteiger partial charge >= 0.3 is 0 Å². The maximum atomic E-state index is 5.94. The molecule has 0 amide bonds. The van der Waals surface area contributed by atoms with E-state index in [-0.39, 0.29) is 12.0 Å². The summed E-state index contributed by atoms with van der Waals surface area (Å²) in [4.78, 5) is 8.48.